The Hall–Kier alpha value is -3.48. The molecule has 2 amide bonds. The molecule has 1 saturated heterocycles. The Kier molecular flexibility index (Phi) is 5.88. The van der Waals surface area contributed by atoms with Gasteiger partial charge in [-0.15, -0.1) is 0 Å². The number of H-pyrrole nitrogens is 1. The summed E-state index contributed by atoms with van der Waals surface area (Å²) in [5.41, 5.74) is 4.02. The Bertz CT molecular complexity index is 1020. The average molecular weight is 403 g/mol. The van der Waals surface area contributed by atoms with Crippen LogP contribution in [0, 0.1) is 5.92 Å². The second kappa shape index (κ2) is 8.90. The van der Waals surface area contributed by atoms with E-state index in [1.807, 2.05) is 30.3 Å². The summed E-state index contributed by atoms with van der Waals surface area (Å²) in [5, 5.41) is 10.1. The van der Waals surface area contributed by atoms with Gasteiger partial charge in [0, 0.05) is 42.7 Å². The molecule has 1 fully saturated rings. The highest BCUT2D eigenvalue weighted by atomic mass is 16.2. The third kappa shape index (κ3) is 4.40. The quantitative estimate of drug-likeness (QED) is 0.682. The molecule has 4 rings (SSSR count). The first-order valence-corrected chi connectivity index (χ1v) is 10.3. The van der Waals surface area contributed by atoms with Gasteiger partial charge in [0.15, 0.2) is 0 Å². The maximum Gasteiger partial charge on any atom is 0.271 e. The van der Waals surface area contributed by atoms with Crippen molar-refractivity contribution in [3.8, 4) is 11.3 Å². The highest BCUT2D eigenvalue weighted by Crippen LogP contribution is 2.22. The van der Waals surface area contributed by atoms with Crippen molar-refractivity contribution in [2.75, 3.05) is 18.4 Å². The van der Waals surface area contributed by atoms with Gasteiger partial charge in [-0.1, -0.05) is 19.1 Å². The number of rotatable bonds is 5. The number of hydrogen-bond donors (Lipinski definition) is 2. The van der Waals surface area contributed by atoms with E-state index in [-0.39, 0.29) is 17.7 Å². The Morgan fingerprint density at radius 1 is 1.17 bits per heavy atom. The van der Waals surface area contributed by atoms with Gasteiger partial charge in [-0.2, -0.15) is 5.10 Å². The molecule has 1 aliphatic rings. The van der Waals surface area contributed by atoms with Crippen molar-refractivity contribution in [1.29, 1.82) is 0 Å². The van der Waals surface area contributed by atoms with Crippen LogP contribution >= 0.6 is 0 Å². The van der Waals surface area contributed by atoms with Gasteiger partial charge in [0.2, 0.25) is 5.91 Å². The lowest BCUT2D eigenvalue weighted by Gasteiger charge is -2.31. The maximum absolute atomic E-state index is 12.8. The van der Waals surface area contributed by atoms with Crippen molar-refractivity contribution in [3.63, 3.8) is 0 Å². The van der Waals surface area contributed by atoms with Crippen LogP contribution in [0.15, 0.2) is 54.9 Å². The molecule has 2 N–H and O–H groups in total. The lowest BCUT2D eigenvalue weighted by atomic mass is 9.95. The number of carbonyl (C=O) groups excluding carboxylic acids is 2. The Morgan fingerprint density at radius 3 is 2.73 bits per heavy atom. The van der Waals surface area contributed by atoms with Crippen LogP contribution in [0.5, 0.6) is 0 Å². The lowest BCUT2D eigenvalue weighted by molar-refractivity contribution is -0.121. The van der Waals surface area contributed by atoms with Crippen molar-refractivity contribution in [2.24, 2.45) is 5.92 Å². The van der Waals surface area contributed by atoms with Gasteiger partial charge < -0.3 is 10.2 Å². The molecule has 3 heterocycles. The predicted octanol–water partition coefficient (Wildman–Crippen LogP) is 3.53. The van der Waals surface area contributed by atoms with Crippen LogP contribution in [0.1, 0.15) is 35.8 Å². The van der Waals surface area contributed by atoms with Gasteiger partial charge in [0.25, 0.3) is 5.91 Å². The van der Waals surface area contributed by atoms with Gasteiger partial charge in [-0.05, 0) is 55.2 Å². The summed E-state index contributed by atoms with van der Waals surface area (Å²) in [6, 6.07) is 13.4. The van der Waals surface area contributed by atoms with E-state index in [1.165, 1.54) is 5.56 Å². The van der Waals surface area contributed by atoms with Gasteiger partial charge in [0.05, 0.1) is 5.69 Å². The van der Waals surface area contributed by atoms with E-state index in [0.29, 0.717) is 37.3 Å². The van der Waals surface area contributed by atoms with E-state index in [4.69, 9.17) is 0 Å². The number of benzene rings is 1. The summed E-state index contributed by atoms with van der Waals surface area (Å²) in [6.45, 7) is 3.19. The van der Waals surface area contributed by atoms with Crippen LogP contribution in [0.3, 0.4) is 0 Å². The predicted molar refractivity (Wildman–Crippen MR) is 115 cm³/mol. The summed E-state index contributed by atoms with van der Waals surface area (Å²) < 4.78 is 0. The van der Waals surface area contributed by atoms with Crippen LogP contribution in [0.2, 0.25) is 0 Å². The van der Waals surface area contributed by atoms with Crippen LogP contribution in [0.25, 0.3) is 11.3 Å². The summed E-state index contributed by atoms with van der Waals surface area (Å²) in [5.74, 6) is -0.157. The Labute approximate surface area is 175 Å². The number of nitrogens with one attached hydrogen (secondary N) is 2. The first kappa shape index (κ1) is 19.8. The zero-order valence-electron chi connectivity index (χ0n) is 17.0. The van der Waals surface area contributed by atoms with Gasteiger partial charge in [-0.3, -0.25) is 19.7 Å². The number of carbonyl (C=O) groups is 2. The molecule has 3 aromatic rings. The second-order valence-corrected chi connectivity index (χ2v) is 7.52. The number of hydrogen-bond acceptors (Lipinski definition) is 4. The molecule has 0 radical (unpaired) electrons. The molecular formula is C23H25N5O2. The minimum absolute atomic E-state index is 0.0238. The number of aryl methyl sites for hydroxylation is 1. The second-order valence-electron chi connectivity index (χ2n) is 7.52. The molecule has 30 heavy (non-hydrogen) atoms. The summed E-state index contributed by atoms with van der Waals surface area (Å²) in [7, 11) is 0. The minimum atomic E-state index is -0.0907. The molecule has 0 aliphatic carbocycles. The SMILES string of the molecule is CCc1cccc(NC(=O)C2CCN(C(=O)c3cc(-c4cccnc4)n[nH]3)CC2)c1. The van der Waals surface area contributed by atoms with Crippen molar-refractivity contribution >= 4 is 17.5 Å². The number of amides is 2. The normalized spacial score (nSPS) is 14.5. The molecule has 0 spiro atoms. The fourth-order valence-electron chi connectivity index (χ4n) is 3.72. The van der Waals surface area contributed by atoms with Crippen molar-refractivity contribution in [3.05, 3.63) is 66.1 Å². The zero-order chi connectivity index (χ0) is 20.9. The molecule has 7 nitrogen and oxygen atoms in total. The lowest BCUT2D eigenvalue weighted by Crippen LogP contribution is -2.41. The third-order valence-corrected chi connectivity index (χ3v) is 5.52. The molecule has 154 valence electrons. The van der Waals surface area contributed by atoms with Gasteiger partial charge in [0.1, 0.15) is 5.69 Å². The summed E-state index contributed by atoms with van der Waals surface area (Å²) >= 11 is 0. The molecule has 1 aromatic carbocycles. The Balaban J connectivity index is 1.33. The fourth-order valence-corrected chi connectivity index (χ4v) is 3.72. The summed E-state index contributed by atoms with van der Waals surface area (Å²) in [6.07, 6.45) is 5.64. The monoisotopic (exact) mass is 403 g/mol. The average Bonchev–Trinajstić information content (AvgIpc) is 3.30. The van der Waals surface area contributed by atoms with Gasteiger partial charge >= 0.3 is 0 Å². The number of likely N-dealkylation sites (tertiary alicyclic amines) is 1. The van der Waals surface area contributed by atoms with E-state index in [2.05, 4.69) is 33.5 Å². The first-order chi connectivity index (χ1) is 14.6. The van der Waals surface area contributed by atoms with Crippen molar-refractivity contribution in [1.82, 2.24) is 20.1 Å². The van der Waals surface area contributed by atoms with Crippen LogP contribution in [-0.4, -0.2) is 45.0 Å². The standard InChI is InChI=1S/C23H25N5O2/c1-2-16-5-3-7-19(13-16)25-22(29)17-8-11-28(12-9-17)23(30)21-14-20(26-27-21)18-6-4-10-24-15-18/h3-7,10,13-15,17H,2,8-9,11-12H2,1H3,(H,25,29)(H,26,27). The first-order valence-electron chi connectivity index (χ1n) is 10.3. The highest BCUT2D eigenvalue weighted by Gasteiger charge is 2.28. The number of anilines is 1. The van der Waals surface area contributed by atoms with Crippen LogP contribution in [-0.2, 0) is 11.2 Å². The number of nitrogens with zero attached hydrogens (tertiary/aromatic N) is 3. The largest absolute Gasteiger partial charge is 0.337 e. The minimum Gasteiger partial charge on any atom is -0.337 e. The molecule has 1 aliphatic heterocycles. The molecular weight excluding hydrogens is 378 g/mol. The molecule has 0 saturated carbocycles. The van der Waals surface area contributed by atoms with E-state index in [9.17, 15) is 9.59 Å². The Morgan fingerprint density at radius 2 is 2.00 bits per heavy atom. The zero-order valence-corrected chi connectivity index (χ0v) is 17.0. The van der Waals surface area contributed by atoms with Crippen molar-refractivity contribution in [2.45, 2.75) is 26.2 Å². The van der Waals surface area contributed by atoms with Crippen LogP contribution in [0.4, 0.5) is 5.69 Å². The van der Waals surface area contributed by atoms with E-state index in [0.717, 1.165) is 17.7 Å². The maximum atomic E-state index is 12.8. The molecule has 0 unspecified atom stereocenters. The molecule has 2 aromatic heterocycles. The van der Waals surface area contributed by atoms with E-state index >= 15 is 0 Å². The number of aromatic amines is 1. The molecule has 0 atom stereocenters. The van der Waals surface area contributed by atoms with E-state index < -0.39 is 0 Å². The fraction of sp³-hybridized carbons (Fsp3) is 0.304. The molecule has 0 bridgehead atoms. The number of aromatic nitrogens is 3. The van der Waals surface area contributed by atoms with Crippen LogP contribution < -0.4 is 5.32 Å². The number of pyridine rings is 1. The molecule has 7 heteroatoms. The topological polar surface area (TPSA) is 91.0 Å². The smallest absolute Gasteiger partial charge is 0.271 e. The summed E-state index contributed by atoms with van der Waals surface area (Å²) in [4.78, 5) is 31.3. The van der Waals surface area contributed by atoms with Crippen molar-refractivity contribution < 1.29 is 9.59 Å². The number of piperidine rings is 1. The highest BCUT2D eigenvalue weighted by molar-refractivity contribution is 5.95. The van der Waals surface area contributed by atoms with Gasteiger partial charge in [-0.25, -0.2) is 0 Å². The van der Waals surface area contributed by atoms with E-state index in [1.54, 1.807) is 23.4 Å². The third-order valence-electron chi connectivity index (χ3n) is 5.52.